The van der Waals surface area contributed by atoms with E-state index in [9.17, 15) is 4.79 Å². The Balaban J connectivity index is 1.57. The van der Waals surface area contributed by atoms with Gasteiger partial charge in [0.2, 0.25) is 0 Å². The highest BCUT2D eigenvalue weighted by atomic mass is 16.6. The van der Waals surface area contributed by atoms with Gasteiger partial charge in [0.15, 0.2) is 6.23 Å². The number of nitrogens with two attached hydrogens (primary N) is 1. The van der Waals surface area contributed by atoms with Crippen molar-refractivity contribution < 1.29 is 14.3 Å². The van der Waals surface area contributed by atoms with Gasteiger partial charge in [0, 0.05) is 18.5 Å². The van der Waals surface area contributed by atoms with Gasteiger partial charge in [-0.15, -0.1) is 0 Å². The van der Waals surface area contributed by atoms with Crippen LogP contribution in [-0.4, -0.2) is 34.4 Å². The quantitative estimate of drug-likeness (QED) is 0.793. The van der Waals surface area contributed by atoms with Crippen molar-refractivity contribution >= 4 is 11.9 Å². The molecule has 6 nitrogen and oxygen atoms in total. The number of carbonyl (C=O) groups excluding carboxylic acids is 1. The standard InChI is InChI=1S/C23H29N3O3/c1-23(2,3)29-22(27)26-13-5-8-21(26)28-16-11-12-17(15-9-10-15)18(14-16)19-6-4-7-20(24)25-19/h4,6-7,11-12,14-15,21H,5,8-10,13H2,1-3H3,(H2,24,25). The minimum atomic E-state index is -0.526. The number of amides is 1. The molecule has 6 heteroatoms. The maximum absolute atomic E-state index is 12.5. The van der Waals surface area contributed by atoms with Gasteiger partial charge in [-0.3, -0.25) is 4.90 Å². The number of aromatic nitrogens is 1. The topological polar surface area (TPSA) is 77.7 Å². The molecule has 2 aliphatic rings. The predicted octanol–water partition coefficient (Wildman–Crippen LogP) is 4.94. The number of carbonyl (C=O) groups is 1. The van der Waals surface area contributed by atoms with E-state index in [-0.39, 0.29) is 12.3 Å². The van der Waals surface area contributed by atoms with E-state index < -0.39 is 5.60 Å². The second kappa shape index (κ2) is 7.58. The van der Waals surface area contributed by atoms with Crippen LogP contribution in [0.15, 0.2) is 36.4 Å². The van der Waals surface area contributed by atoms with Crippen LogP contribution in [-0.2, 0) is 4.74 Å². The number of ether oxygens (including phenoxy) is 2. The lowest BCUT2D eigenvalue weighted by Crippen LogP contribution is -2.42. The van der Waals surface area contributed by atoms with E-state index in [1.165, 1.54) is 18.4 Å². The number of benzene rings is 1. The Morgan fingerprint density at radius 1 is 1.17 bits per heavy atom. The highest BCUT2D eigenvalue weighted by Gasteiger charge is 2.34. The molecule has 1 unspecified atom stereocenters. The number of hydrogen-bond donors (Lipinski definition) is 1. The molecule has 1 saturated carbocycles. The van der Waals surface area contributed by atoms with Crippen LogP contribution in [0.2, 0.25) is 0 Å². The first-order chi connectivity index (χ1) is 13.8. The third-order valence-corrected chi connectivity index (χ3v) is 5.19. The van der Waals surface area contributed by atoms with E-state index in [2.05, 4.69) is 11.1 Å². The molecule has 154 valence electrons. The Labute approximate surface area is 172 Å². The van der Waals surface area contributed by atoms with Gasteiger partial charge < -0.3 is 15.2 Å². The van der Waals surface area contributed by atoms with Crippen LogP contribution >= 0.6 is 0 Å². The molecule has 29 heavy (non-hydrogen) atoms. The normalized spacial score (nSPS) is 19.3. The summed E-state index contributed by atoms with van der Waals surface area (Å²) in [5.41, 5.74) is 8.58. The SMILES string of the molecule is CC(C)(C)OC(=O)N1CCCC1Oc1ccc(C2CC2)c(-c2cccc(N)n2)c1. The summed E-state index contributed by atoms with van der Waals surface area (Å²) in [6, 6.07) is 11.8. The van der Waals surface area contributed by atoms with Crippen molar-refractivity contribution in [3.8, 4) is 17.0 Å². The Morgan fingerprint density at radius 3 is 2.66 bits per heavy atom. The second-order valence-corrected chi connectivity index (χ2v) is 8.86. The summed E-state index contributed by atoms with van der Waals surface area (Å²) in [7, 11) is 0. The number of nitrogen functional groups attached to an aromatic ring is 1. The minimum absolute atomic E-state index is 0.321. The Hall–Kier alpha value is -2.76. The molecule has 0 spiro atoms. The lowest BCUT2D eigenvalue weighted by molar-refractivity contribution is -0.00507. The van der Waals surface area contributed by atoms with Crippen LogP contribution in [0.3, 0.4) is 0 Å². The van der Waals surface area contributed by atoms with Crippen LogP contribution in [0.4, 0.5) is 10.6 Å². The number of likely N-dealkylation sites (tertiary alicyclic amines) is 1. The highest BCUT2D eigenvalue weighted by molar-refractivity contribution is 5.69. The molecule has 1 amide bonds. The molecule has 0 bridgehead atoms. The molecule has 4 rings (SSSR count). The Kier molecular flexibility index (Phi) is 5.11. The van der Waals surface area contributed by atoms with Crippen LogP contribution in [0.1, 0.15) is 57.9 Å². The van der Waals surface area contributed by atoms with E-state index in [4.69, 9.17) is 15.2 Å². The number of anilines is 1. The van der Waals surface area contributed by atoms with Crippen molar-refractivity contribution in [2.24, 2.45) is 0 Å². The molecule has 2 fully saturated rings. The molecular weight excluding hydrogens is 366 g/mol. The van der Waals surface area contributed by atoms with Gasteiger partial charge in [0.1, 0.15) is 17.2 Å². The van der Waals surface area contributed by atoms with Gasteiger partial charge in [-0.05, 0) is 75.8 Å². The summed E-state index contributed by atoms with van der Waals surface area (Å²) in [6.45, 7) is 6.26. The lowest BCUT2D eigenvalue weighted by atomic mass is 9.99. The second-order valence-electron chi connectivity index (χ2n) is 8.86. The third kappa shape index (κ3) is 4.63. The molecule has 2 heterocycles. The smallest absolute Gasteiger partial charge is 0.413 e. The molecular formula is C23H29N3O3. The fourth-order valence-corrected chi connectivity index (χ4v) is 3.73. The monoisotopic (exact) mass is 395 g/mol. The Morgan fingerprint density at radius 2 is 1.97 bits per heavy atom. The number of nitrogens with zero attached hydrogens (tertiary/aromatic N) is 2. The maximum Gasteiger partial charge on any atom is 0.413 e. The first-order valence-corrected chi connectivity index (χ1v) is 10.3. The van der Waals surface area contributed by atoms with Gasteiger partial charge in [0.25, 0.3) is 0 Å². The maximum atomic E-state index is 12.5. The van der Waals surface area contributed by atoms with E-state index in [0.29, 0.717) is 18.3 Å². The van der Waals surface area contributed by atoms with Crippen molar-refractivity contribution in [2.45, 2.75) is 64.2 Å². The zero-order chi connectivity index (χ0) is 20.6. The fraction of sp³-hybridized carbons (Fsp3) is 0.478. The van der Waals surface area contributed by atoms with Crippen LogP contribution in [0, 0.1) is 0 Å². The van der Waals surface area contributed by atoms with Crippen molar-refractivity contribution in [1.82, 2.24) is 9.88 Å². The van der Waals surface area contributed by atoms with Crippen molar-refractivity contribution in [3.63, 3.8) is 0 Å². The number of pyridine rings is 1. The zero-order valence-corrected chi connectivity index (χ0v) is 17.4. The van der Waals surface area contributed by atoms with Gasteiger partial charge in [0.05, 0.1) is 5.69 Å². The van der Waals surface area contributed by atoms with Crippen LogP contribution in [0.25, 0.3) is 11.3 Å². The summed E-state index contributed by atoms with van der Waals surface area (Å²) in [6.07, 6.45) is 3.43. The van der Waals surface area contributed by atoms with E-state index in [0.717, 1.165) is 29.8 Å². The summed E-state index contributed by atoms with van der Waals surface area (Å²) in [5, 5.41) is 0. The van der Waals surface area contributed by atoms with Crippen molar-refractivity contribution in [1.29, 1.82) is 0 Å². The van der Waals surface area contributed by atoms with Crippen LogP contribution in [0.5, 0.6) is 5.75 Å². The summed E-state index contributed by atoms with van der Waals surface area (Å²) in [5.74, 6) is 1.81. The first-order valence-electron chi connectivity index (χ1n) is 10.3. The molecule has 1 aliphatic heterocycles. The van der Waals surface area contributed by atoms with Gasteiger partial charge >= 0.3 is 6.09 Å². The largest absolute Gasteiger partial charge is 0.470 e. The zero-order valence-electron chi connectivity index (χ0n) is 17.4. The van der Waals surface area contributed by atoms with Gasteiger partial charge in [-0.2, -0.15) is 0 Å². The van der Waals surface area contributed by atoms with Crippen LogP contribution < -0.4 is 10.5 Å². The first kappa shape index (κ1) is 19.6. The average Bonchev–Trinajstić information content (AvgIpc) is 3.39. The summed E-state index contributed by atoms with van der Waals surface area (Å²) >= 11 is 0. The minimum Gasteiger partial charge on any atom is -0.470 e. The highest BCUT2D eigenvalue weighted by Crippen LogP contribution is 2.45. The molecule has 1 saturated heterocycles. The summed E-state index contributed by atoms with van der Waals surface area (Å²) < 4.78 is 11.8. The van der Waals surface area contributed by atoms with Gasteiger partial charge in [-0.1, -0.05) is 12.1 Å². The van der Waals surface area contributed by atoms with E-state index >= 15 is 0 Å². The summed E-state index contributed by atoms with van der Waals surface area (Å²) in [4.78, 5) is 18.7. The van der Waals surface area contributed by atoms with E-state index in [1.54, 1.807) is 11.0 Å². The fourth-order valence-electron chi connectivity index (χ4n) is 3.73. The number of hydrogen-bond acceptors (Lipinski definition) is 5. The van der Waals surface area contributed by atoms with Crippen molar-refractivity contribution in [3.05, 3.63) is 42.0 Å². The molecule has 2 aromatic rings. The third-order valence-electron chi connectivity index (χ3n) is 5.19. The average molecular weight is 396 g/mol. The molecule has 0 radical (unpaired) electrons. The van der Waals surface area contributed by atoms with Gasteiger partial charge in [-0.25, -0.2) is 9.78 Å². The molecule has 1 aromatic carbocycles. The lowest BCUT2D eigenvalue weighted by Gasteiger charge is -2.29. The molecule has 2 N–H and O–H groups in total. The molecule has 1 aliphatic carbocycles. The van der Waals surface area contributed by atoms with E-state index in [1.807, 2.05) is 45.0 Å². The Bertz CT molecular complexity index is 902. The predicted molar refractivity (Wildman–Crippen MR) is 113 cm³/mol. The van der Waals surface area contributed by atoms with Crippen molar-refractivity contribution in [2.75, 3.05) is 12.3 Å². The molecule has 1 aromatic heterocycles. The number of rotatable bonds is 4. The molecule has 1 atom stereocenters.